The second-order valence-electron chi connectivity index (χ2n) is 6.71. The van der Waals surface area contributed by atoms with Crippen molar-refractivity contribution in [1.29, 1.82) is 0 Å². The van der Waals surface area contributed by atoms with Crippen LogP contribution >= 0.6 is 35.0 Å². The molecule has 4 N–H and O–H groups in total. The van der Waals surface area contributed by atoms with Crippen LogP contribution in [0.3, 0.4) is 0 Å². The predicted molar refractivity (Wildman–Crippen MR) is 112 cm³/mol. The van der Waals surface area contributed by atoms with Gasteiger partial charge in [0, 0.05) is 10.9 Å². The lowest BCUT2D eigenvalue weighted by Crippen LogP contribution is -2.45. The number of halogens is 2. The van der Waals surface area contributed by atoms with E-state index in [9.17, 15) is 0 Å². The zero-order valence-electron chi connectivity index (χ0n) is 15.4. The van der Waals surface area contributed by atoms with Gasteiger partial charge in [-0.1, -0.05) is 67.7 Å². The van der Waals surface area contributed by atoms with E-state index in [1.165, 1.54) is 43.6 Å². The average molecular weight is 413 g/mol. The minimum atomic E-state index is 0.407. The summed E-state index contributed by atoms with van der Waals surface area (Å²) in [5.74, 6) is 0.407. The standard InChI is InChI=1S/C11H9Cl2N3S.C8H17N/c1-6-11(15-5-9(14)16-6)17-8-4-2-3-7(12)10(8)13;1-3-8(4-2)5-7(9)6-8/h2-5H,1H3,(H2,14,16);7H,3-6,9H2,1-2H3. The quantitative estimate of drug-likeness (QED) is 0.668. The topological polar surface area (TPSA) is 77.8 Å². The van der Waals surface area contributed by atoms with Crippen molar-refractivity contribution in [1.82, 2.24) is 9.97 Å². The lowest BCUT2D eigenvalue weighted by atomic mass is 9.63. The summed E-state index contributed by atoms with van der Waals surface area (Å²) in [7, 11) is 0. The van der Waals surface area contributed by atoms with Crippen LogP contribution < -0.4 is 11.5 Å². The molecule has 1 fully saturated rings. The van der Waals surface area contributed by atoms with Crippen molar-refractivity contribution in [2.24, 2.45) is 11.1 Å². The van der Waals surface area contributed by atoms with Gasteiger partial charge in [0.1, 0.15) is 10.8 Å². The number of hydrogen-bond donors (Lipinski definition) is 2. The largest absolute Gasteiger partial charge is 0.382 e. The Morgan fingerprint density at radius 1 is 1.23 bits per heavy atom. The van der Waals surface area contributed by atoms with E-state index in [0.717, 1.165) is 15.6 Å². The van der Waals surface area contributed by atoms with Gasteiger partial charge in [0.2, 0.25) is 0 Å². The van der Waals surface area contributed by atoms with Crippen molar-refractivity contribution < 1.29 is 0 Å². The first kappa shape index (κ1) is 21.3. The smallest absolute Gasteiger partial charge is 0.142 e. The Labute approximate surface area is 170 Å². The summed E-state index contributed by atoms with van der Waals surface area (Å²) in [6, 6.07) is 5.99. The van der Waals surface area contributed by atoms with Crippen molar-refractivity contribution >= 4 is 40.8 Å². The van der Waals surface area contributed by atoms with Crippen LogP contribution in [-0.2, 0) is 0 Å². The molecule has 1 aliphatic rings. The van der Waals surface area contributed by atoms with Crippen LogP contribution in [-0.4, -0.2) is 16.0 Å². The van der Waals surface area contributed by atoms with Crippen molar-refractivity contribution in [3.05, 3.63) is 40.1 Å². The maximum atomic E-state index is 6.10. The Kier molecular flexibility index (Phi) is 7.59. The molecule has 7 heteroatoms. The van der Waals surface area contributed by atoms with Gasteiger partial charge < -0.3 is 11.5 Å². The third kappa shape index (κ3) is 5.26. The van der Waals surface area contributed by atoms with E-state index in [2.05, 4.69) is 23.8 Å². The minimum absolute atomic E-state index is 0.407. The Hall–Kier alpha value is -1.01. The van der Waals surface area contributed by atoms with Crippen LogP contribution in [0.4, 0.5) is 5.82 Å². The first-order valence-corrected chi connectivity index (χ1v) is 10.3. The molecule has 0 radical (unpaired) electrons. The van der Waals surface area contributed by atoms with Crippen molar-refractivity contribution in [3.8, 4) is 0 Å². The second kappa shape index (κ2) is 9.27. The number of aryl methyl sites for hydroxylation is 1. The summed E-state index contributed by atoms with van der Waals surface area (Å²) in [5, 5.41) is 1.82. The number of nitrogens with zero attached hydrogens (tertiary/aromatic N) is 2. The van der Waals surface area contributed by atoms with E-state index in [1.807, 2.05) is 19.1 Å². The molecule has 3 rings (SSSR count). The molecule has 26 heavy (non-hydrogen) atoms. The number of nitrogen functional groups attached to an aromatic ring is 1. The zero-order valence-corrected chi connectivity index (χ0v) is 17.8. The Morgan fingerprint density at radius 3 is 2.38 bits per heavy atom. The van der Waals surface area contributed by atoms with Gasteiger partial charge in [0.15, 0.2) is 0 Å². The van der Waals surface area contributed by atoms with E-state index < -0.39 is 0 Å². The maximum absolute atomic E-state index is 6.10. The molecule has 0 bridgehead atoms. The number of benzene rings is 1. The molecule has 1 aromatic heterocycles. The fourth-order valence-corrected chi connectivity index (χ4v) is 4.46. The van der Waals surface area contributed by atoms with Crippen LogP contribution in [0.2, 0.25) is 10.0 Å². The van der Waals surface area contributed by atoms with Gasteiger partial charge in [-0.25, -0.2) is 9.97 Å². The normalized spacial score (nSPS) is 15.8. The summed E-state index contributed by atoms with van der Waals surface area (Å²) >= 11 is 13.5. The average Bonchev–Trinajstić information content (AvgIpc) is 2.59. The highest BCUT2D eigenvalue weighted by Crippen LogP contribution is 2.45. The molecule has 1 saturated carbocycles. The highest BCUT2D eigenvalue weighted by atomic mass is 35.5. The van der Waals surface area contributed by atoms with Crippen molar-refractivity contribution in [2.75, 3.05) is 5.73 Å². The predicted octanol–water partition coefficient (Wildman–Crippen LogP) is 5.74. The van der Waals surface area contributed by atoms with E-state index in [1.54, 1.807) is 6.07 Å². The Balaban J connectivity index is 0.000000228. The molecule has 2 aromatic rings. The van der Waals surface area contributed by atoms with E-state index in [-0.39, 0.29) is 0 Å². The van der Waals surface area contributed by atoms with Crippen LogP contribution in [0.25, 0.3) is 0 Å². The molecular weight excluding hydrogens is 387 g/mol. The summed E-state index contributed by atoms with van der Waals surface area (Å²) in [6.45, 7) is 6.40. The molecule has 1 aromatic carbocycles. The summed E-state index contributed by atoms with van der Waals surface area (Å²) in [4.78, 5) is 9.21. The molecule has 0 spiro atoms. The summed E-state index contributed by atoms with van der Waals surface area (Å²) < 4.78 is 0. The molecule has 142 valence electrons. The third-order valence-electron chi connectivity index (χ3n) is 4.93. The molecule has 0 aliphatic heterocycles. The van der Waals surface area contributed by atoms with E-state index in [0.29, 0.717) is 27.3 Å². The van der Waals surface area contributed by atoms with Crippen LogP contribution in [0.1, 0.15) is 45.2 Å². The van der Waals surface area contributed by atoms with Gasteiger partial charge >= 0.3 is 0 Å². The number of anilines is 1. The molecule has 0 amide bonds. The summed E-state index contributed by atoms with van der Waals surface area (Å²) in [5.41, 5.74) is 12.7. The van der Waals surface area contributed by atoms with Gasteiger partial charge in [-0.2, -0.15) is 0 Å². The third-order valence-corrected chi connectivity index (χ3v) is 7.02. The van der Waals surface area contributed by atoms with E-state index in [4.69, 9.17) is 34.7 Å². The monoisotopic (exact) mass is 412 g/mol. The minimum Gasteiger partial charge on any atom is -0.382 e. The highest BCUT2D eigenvalue weighted by Gasteiger charge is 2.38. The van der Waals surface area contributed by atoms with Gasteiger partial charge in [-0.15, -0.1) is 0 Å². The summed E-state index contributed by atoms with van der Waals surface area (Å²) in [6.07, 6.45) is 6.68. The Bertz CT molecular complexity index is 742. The molecule has 4 nitrogen and oxygen atoms in total. The second-order valence-corrected chi connectivity index (χ2v) is 8.53. The van der Waals surface area contributed by atoms with Crippen LogP contribution in [0.5, 0.6) is 0 Å². The van der Waals surface area contributed by atoms with Crippen LogP contribution in [0, 0.1) is 12.3 Å². The van der Waals surface area contributed by atoms with Crippen LogP contribution in [0.15, 0.2) is 34.3 Å². The molecule has 0 unspecified atom stereocenters. The fraction of sp³-hybridized carbons (Fsp3) is 0.474. The lowest BCUT2D eigenvalue weighted by Gasteiger charge is -2.45. The van der Waals surface area contributed by atoms with Gasteiger partial charge in [-0.3, -0.25) is 0 Å². The number of hydrogen-bond acceptors (Lipinski definition) is 5. The molecular formula is C19H26Cl2N4S. The first-order valence-electron chi connectivity index (χ1n) is 8.76. The highest BCUT2D eigenvalue weighted by molar-refractivity contribution is 7.99. The molecule has 1 heterocycles. The van der Waals surface area contributed by atoms with Gasteiger partial charge in [0.25, 0.3) is 0 Å². The lowest BCUT2D eigenvalue weighted by molar-refractivity contribution is 0.0933. The molecule has 0 saturated heterocycles. The van der Waals surface area contributed by atoms with E-state index >= 15 is 0 Å². The SMILES string of the molecule is CCC1(CC)CC(N)C1.Cc1nc(N)cnc1Sc1cccc(Cl)c1Cl. The number of rotatable bonds is 4. The molecule has 1 aliphatic carbocycles. The van der Waals surface area contributed by atoms with Gasteiger partial charge in [-0.05, 0) is 37.3 Å². The van der Waals surface area contributed by atoms with Crippen molar-refractivity contribution in [3.63, 3.8) is 0 Å². The number of aromatic nitrogens is 2. The van der Waals surface area contributed by atoms with Crippen molar-refractivity contribution in [2.45, 2.75) is 62.4 Å². The zero-order chi connectivity index (χ0) is 19.3. The number of nitrogens with two attached hydrogens (primary N) is 2. The fourth-order valence-electron chi connectivity index (χ4n) is 3.14. The maximum Gasteiger partial charge on any atom is 0.142 e. The first-order chi connectivity index (χ1) is 12.3. The molecule has 0 atom stereocenters. The van der Waals surface area contributed by atoms with Gasteiger partial charge in [0.05, 0.1) is 21.9 Å². The Morgan fingerprint density at radius 2 is 1.88 bits per heavy atom.